The zero-order chi connectivity index (χ0) is 22.6. The topological polar surface area (TPSA) is 49.4 Å². The molecule has 4 nitrogen and oxygen atoms in total. The Morgan fingerprint density at radius 1 is 1.13 bits per heavy atom. The smallest absolute Gasteiger partial charge is 0.332 e. The van der Waals surface area contributed by atoms with Gasteiger partial charge < -0.3 is 10.2 Å². The molecule has 1 aliphatic carbocycles. The average Bonchev–Trinajstić information content (AvgIpc) is 3.52. The van der Waals surface area contributed by atoms with Crippen LogP contribution in [0, 0.1) is 6.92 Å². The number of amides is 2. The summed E-state index contributed by atoms with van der Waals surface area (Å²) >= 11 is 1.20. The van der Waals surface area contributed by atoms with E-state index in [4.69, 9.17) is 0 Å². The lowest BCUT2D eigenvalue weighted by Gasteiger charge is -2.30. The van der Waals surface area contributed by atoms with E-state index in [1.54, 1.807) is 24.0 Å². The minimum Gasteiger partial charge on any atom is -0.332 e. The number of rotatable bonds is 8. The highest BCUT2D eigenvalue weighted by Gasteiger charge is 2.37. The third kappa shape index (κ3) is 6.50. The van der Waals surface area contributed by atoms with E-state index in [0.717, 1.165) is 30.5 Å². The number of hydrogen-bond acceptors (Lipinski definition) is 3. The molecule has 2 aromatic carbocycles. The average molecular weight is 451 g/mol. The molecule has 0 spiro atoms. The van der Waals surface area contributed by atoms with Crippen LogP contribution in [0.2, 0.25) is 0 Å². The van der Waals surface area contributed by atoms with E-state index in [0.29, 0.717) is 11.3 Å². The normalized spacial score (nSPS) is 14.7. The van der Waals surface area contributed by atoms with Gasteiger partial charge in [0.05, 0.1) is 23.1 Å². The summed E-state index contributed by atoms with van der Waals surface area (Å²) in [5.74, 6) is -0.148. The van der Waals surface area contributed by atoms with Gasteiger partial charge in [0.25, 0.3) is 0 Å². The van der Waals surface area contributed by atoms with Crippen LogP contribution in [0.25, 0.3) is 0 Å². The van der Waals surface area contributed by atoms with Crippen molar-refractivity contribution in [2.75, 3.05) is 16.8 Å². The highest BCUT2D eigenvalue weighted by molar-refractivity contribution is 8.00. The Hall–Kier alpha value is -2.48. The molecule has 0 radical (unpaired) electrons. The molecule has 1 unspecified atom stereocenters. The molecule has 0 aliphatic heterocycles. The van der Waals surface area contributed by atoms with Crippen LogP contribution in [-0.2, 0) is 15.8 Å². The second kappa shape index (κ2) is 9.77. The van der Waals surface area contributed by atoms with Crippen LogP contribution in [0.4, 0.5) is 18.9 Å². The second-order valence-electron chi connectivity index (χ2n) is 7.74. The van der Waals surface area contributed by atoms with Crippen LogP contribution in [0.3, 0.4) is 0 Å². The van der Waals surface area contributed by atoms with Crippen LogP contribution in [-0.4, -0.2) is 34.3 Å². The van der Waals surface area contributed by atoms with Gasteiger partial charge in [-0.05, 0) is 62.1 Å². The first kappa shape index (κ1) is 23.2. The number of nitrogens with one attached hydrogen (secondary N) is 1. The summed E-state index contributed by atoms with van der Waals surface area (Å²) < 4.78 is 39.2. The summed E-state index contributed by atoms with van der Waals surface area (Å²) in [5, 5.41) is 2.80. The third-order valence-electron chi connectivity index (χ3n) is 5.10. The quantitative estimate of drug-likeness (QED) is 0.583. The van der Waals surface area contributed by atoms with Gasteiger partial charge in [-0.3, -0.25) is 9.59 Å². The molecule has 2 amide bonds. The lowest BCUT2D eigenvalue weighted by molar-refractivity contribution is -0.137. The van der Waals surface area contributed by atoms with E-state index in [9.17, 15) is 22.8 Å². The van der Waals surface area contributed by atoms with Crippen molar-refractivity contribution in [3.63, 3.8) is 0 Å². The number of carbonyl (C=O) groups excluding carboxylic acids is 2. The molecule has 1 atom stereocenters. The highest BCUT2D eigenvalue weighted by atomic mass is 32.2. The molecule has 31 heavy (non-hydrogen) atoms. The Labute approximate surface area is 184 Å². The number of alkyl halides is 3. The zero-order valence-corrected chi connectivity index (χ0v) is 18.2. The maximum atomic E-state index is 13.1. The van der Waals surface area contributed by atoms with Crippen molar-refractivity contribution in [2.45, 2.75) is 44.9 Å². The highest BCUT2D eigenvalue weighted by Crippen LogP contribution is 2.37. The Balaban J connectivity index is 1.58. The molecule has 2 aromatic rings. The molecule has 1 aliphatic rings. The third-order valence-corrected chi connectivity index (χ3v) is 6.02. The van der Waals surface area contributed by atoms with Gasteiger partial charge >= 0.3 is 6.18 Å². The first-order chi connectivity index (χ1) is 14.6. The molecule has 166 valence electrons. The van der Waals surface area contributed by atoms with E-state index >= 15 is 0 Å². The number of halogens is 3. The van der Waals surface area contributed by atoms with Gasteiger partial charge in [-0.25, -0.2) is 0 Å². The number of nitrogens with zero attached hydrogens (tertiary/aromatic N) is 1. The Morgan fingerprint density at radius 3 is 2.48 bits per heavy atom. The largest absolute Gasteiger partial charge is 0.416 e. The summed E-state index contributed by atoms with van der Waals surface area (Å²) in [6, 6.07) is 12.1. The predicted molar refractivity (Wildman–Crippen MR) is 117 cm³/mol. The molecule has 1 saturated carbocycles. The first-order valence-corrected chi connectivity index (χ1v) is 11.2. The molecule has 8 heteroatoms. The van der Waals surface area contributed by atoms with Crippen LogP contribution in [0.15, 0.2) is 48.5 Å². The zero-order valence-electron chi connectivity index (χ0n) is 17.4. The van der Waals surface area contributed by atoms with Gasteiger partial charge in [0.2, 0.25) is 11.8 Å². The van der Waals surface area contributed by atoms with Crippen LogP contribution in [0.5, 0.6) is 0 Å². The fourth-order valence-electron chi connectivity index (χ4n) is 3.45. The van der Waals surface area contributed by atoms with Crippen molar-refractivity contribution >= 4 is 29.3 Å². The fraction of sp³-hybridized carbons (Fsp3) is 0.391. The minimum absolute atomic E-state index is 0.0405. The molecule has 0 bridgehead atoms. The van der Waals surface area contributed by atoms with Crippen LogP contribution >= 0.6 is 11.8 Å². The number of aryl methyl sites for hydroxylation is 1. The van der Waals surface area contributed by atoms with Crippen molar-refractivity contribution in [2.24, 2.45) is 0 Å². The summed E-state index contributed by atoms with van der Waals surface area (Å²) in [5.41, 5.74) is 1.47. The van der Waals surface area contributed by atoms with Crippen molar-refractivity contribution < 1.29 is 22.8 Å². The molecular formula is C23H25F3N2O2S. The van der Waals surface area contributed by atoms with Gasteiger partial charge in [-0.1, -0.05) is 24.3 Å². The maximum absolute atomic E-state index is 13.1. The number of carbonyl (C=O) groups is 2. The second-order valence-corrected chi connectivity index (χ2v) is 8.73. The number of anilines is 1. The molecule has 0 aromatic heterocycles. The lowest BCUT2D eigenvalue weighted by atomic mass is 10.0. The van der Waals surface area contributed by atoms with Crippen molar-refractivity contribution in [3.05, 3.63) is 65.2 Å². The van der Waals surface area contributed by atoms with Crippen molar-refractivity contribution in [3.8, 4) is 0 Å². The summed E-state index contributed by atoms with van der Waals surface area (Å²) in [6.45, 7) is 3.68. The van der Waals surface area contributed by atoms with Gasteiger partial charge in [-0.15, -0.1) is 11.8 Å². The monoisotopic (exact) mass is 450 g/mol. The molecule has 0 heterocycles. The van der Waals surface area contributed by atoms with Gasteiger partial charge in [-0.2, -0.15) is 13.2 Å². The van der Waals surface area contributed by atoms with E-state index in [-0.39, 0.29) is 29.4 Å². The first-order valence-electron chi connectivity index (χ1n) is 10.1. The van der Waals surface area contributed by atoms with E-state index < -0.39 is 17.8 Å². The van der Waals surface area contributed by atoms with Gasteiger partial charge in [0.1, 0.15) is 0 Å². The number of thioether (sulfide) groups is 1. The molecule has 3 rings (SSSR count). The fourth-order valence-corrected chi connectivity index (χ4v) is 4.13. The molecule has 0 saturated heterocycles. The van der Waals surface area contributed by atoms with Crippen molar-refractivity contribution in [1.29, 1.82) is 0 Å². The maximum Gasteiger partial charge on any atom is 0.416 e. The lowest BCUT2D eigenvalue weighted by Crippen LogP contribution is -2.37. The molecule has 1 N–H and O–H groups in total. The number of hydrogen-bond donors (Lipinski definition) is 1. The van der Waals surface area contributed by atoms with E-state index in [1.165, 1.54) is 17.8 Å². The Kier molecular flexibility index (Phi) is 7.30. The predicted octanol–water partition coefficient (Wildman–Crippen LogP) is 5.44. The Bertz CT molecular complexity index is 944. The SMILES string of the molecule is Cc1cccc(NC(=O)CSCC(=O)N(C2CC2)C(C)c2cccc(C(F)(F)F)c2)c1. The summed E-state index contributed by atoms with van der Waals surface area (Å²) in [4.78, 5) is 26.7. The van der Waals surface area contributed by atoms with E-state index in [2.05, 4.69) is 5.32 Å². The molecular weight excluding hydrogens is 425 g/mol. The Morgan fingerprint density at radius 2 is 1.84 bits per heavy atom. The standard InChI is InChI=1S/C23H25F3N2O2S/c1-15-5-3-8-19(11-15)27-21(29)13-31-14-22(30)28(20-9-10-20)16(2)17-6-4-7-18(12-17)23(24,25)26/h3-8,11-12,16,20H,9-10,13-14H2,1-2H3,(H,27,29). The van der Waals surface area contributed by atoms with Crippen LogP contribution in [0.1, 0.15) is 42.5 Å². The number of benzene rings is 2. The van der Waals surface area contributed by atoms with Crippen LogP contribution < -0.4 is 5.32 Å². The van der Waals surface area contributed by atoms with Gasteiger partial charge in [0.15, 0.2) is 0 Å². The van der Waals surface area contributed by atoms with Gasteiger partial charge in [0, 0.05) is 11.7 Å². The summed E-state index contributed by atoms with van der Waals surface area (Å²) in [7, 11) is 0. The molecule has 1 fully saturated rings. The summed E-state index contributed by atoms with van der Waals surface area (Å²) in [6.07, 6.45) is -2.74. The van der Waals surface area contributed by atoms with E-state index in [1.807, 2.05) is 25.1 Å². The minimum atomic E-state index is -4.43. The van der Waals surface area contributed by atoms with Crippen molar-refractivity contribution in [1.82, 2.24) is 4.90 Å².